The van der Waals surface area contributed by atoms with Crippen molar-refractivity contribution in [2.75, 3.05) is 24.8 Å². The summed E-state index contributed by atoms with van der Waals surface area (Å²) in [5.41, 5.74) is 2.45. The van der Waals surface area contributed by atoms with Crippen molar-refractivity contribution in [3.05, 3.63) is 75.9 Å². The van der Waals surface area contributed by atoms with Crippen LogP contribution < -0.4 is 15.4 Å². The van der Waals surface area contributed by atoms with Crippen LogP contribution in [0.2, 0.25) is 0 Å². The van der Waals surface area contributed by atoms with Gasteiger partial charge in [0, 0.05) is 35.4 Å². The van der Waals surface area contributed by atoms with Crippen molar-refractivity contribution in [1.29, 1.82) is 0 Å². The fourth-order valence-corrected chi connectivity index (χ4v) is 4.36. The first-order valence-corrected chi connectivity index (χ1v) is 11.2. The van der Waals surface area contributed by atoms with Crippen LogP contribution in [-0.4, -0.2) is 30.0 Å². The molecule has 0 saturated heterocycles. The van der Waals surface area contributed by atoms with Gasteiger partial charge in [-0.2, -0.15) is 13.2 Å². The molecule has 35 heavy (non-hydrogen) atoms. The van der Waals surface area contributed by atoms with Gasteiger partial charge in [-0.25, -0.2) is 9.97 Å². The summed E-state index contributed by atoms with van der Waals surface area (Å²) < 4.78 is 45.4. The van der Waals surface area contributed by atoms with Gasteiger partial charge in [0.2, 0.25) is 5.95 Å². The van der Waals surface area contributed by atoms with Gasteiger partial charge in [-0.05, 0) is 70.4 Å². The fraction of sp³-hybridized carbons (Fsp3) is 0.160. The average molecular weight is 545 g/mol. The first-order valence-electron chi connectivity index (χ1n) is 10.4. The van der Waals surface area contributed by atoms with Gasteiger partial charge in [0.15, 0.2) is 0 Å². The lowest BCUT2D eigenvalue weighted by Gasteiger charge is -2.16. The minimum atomic E-state index is -4.50. The SMILES string of the molecule is CNc1ncc2cc(-c3cc(C(=O)Nc4cccc(C(F)(F)F)c4)ccc3C)c(OC)c(Br)c2n1. The Balaban J connectivity index is 1.75. The third-order valence-corrected chi connectivity index (χ3v) is 6.17. The third-order valence-electron chi connectivity index (χ3n) is 5.43. The second-order valence-electron chi connectivity index (χ2n) is 7.72. The van der Waals surface area contributed by atoms with Gasteiger partial charge in [0.25, 0.3) is 5.91 Å². The van der Waals surface area contributed by atoms with E-state index in [0.717, 1.165) is 28.6 Å². The number of aromatic nitrogens is 2. The Bertz CT molecular complexity index is 1440. The summed E-state index contributed by atoms with van der Waals surface area (Å²) in [5.74, 6) is 0.445. The van der Waals surface area contributed by atoms with Crippen molar-refractivity contribution in [3.63, 3.8) is 0 Å². The van der Waals surface area contributed by atoms with E-state index >= 15 is 0 Å². The largest absolute Gasteiger partial charge is 0.495 e. The number of nitrogens with zero attached hydrogens (tertiary/aromatic N) is 2. The average Bonchev–Trinajstić information content (AvgIpc) is 2.83. The molecule has 0 radical (unpaired) electrons. The van der Waals surface area contributed by atoms with E-state index in [1.165, 1.54) is 19.2 Å². The molecule has 0 fully saturated rings. The van der Waals surface area contributed by atoms with Gasteiger partial charge >= 0.3 is 6.18 Å². The molecule has 0 saturated carbocycles. The minimum absolute atomic E-state index is 0.0514. The van der Waals surface area contributed by atoms with Crippen LogP contribution in [0.3, 0.4) is 0 Å². The number of nitrogens with one attached hydrogen (secondary N) is 2. The molecule has 1 heterocycles. The van der Waals surface area contributed by atoms with Gasteiger partial charge in [-0.1, -0.05) is 12.1 Å². The Kier molecular flexibility index (Phi) is 6.66. The summed E-state index contributed by atoms with van der Waals surface area (Å²) in [6, 6.07) is 11.4. The van der Waals surface area contributed by atoms with Crippen LogP contribution in [0.25, 0.3) is 22.0 Å². The van der Waals surface area contributed by atoms with Gasteiger partial charge in [0.1, 0.15) is 5.75 Å². The molecule has 0 aliphatic heterocycles. The Morgan fingerprint density at radius 1 is 1.09 bits per heavy atom. The van der Waals surface area contributed by atoms with Gasteiger partial charge in [-0.15, -0.1) is 0 Å². The summed E-state index contributed by atoms with van der Waals surface area (Å²) in [6.45, 7) is 1.89. The first kappa shape index (κ1) is 24.5. The zero-order valence-electron chi connectivity index (χ0n) is 18.9. The van der Waals surface area contributed by atoms with Crippen LogP contribution in [0.4, 0.5) is 24.8 Å². The molecule has 1 aromatic heterocycles. The van der Waals surface area contributed by atoms with Crippen molar-refractivity contribution >= 4 is 44.4 Å². The molecule has 0 aliphatic rings. The van der Waals surface area contributed by atoms with Crippen molar-refractivity contribution < 1.29 is 22.7 Å². The van der Waals surface area contributed by atoms with Crippen LogP contribution in [-0.2, 0) is 6.18 Å². The lowest BCUT2D eigenvalue weighted by molar-refractivity contribution is -0.137. The lowest BCUT2D eigenvalue weighted by atomic mass is 9.96. The van der Waals surface area contributed by atoms with Crippen molar-refractivity contribution in [1.82, 2.24) is 9.97 Å². The predicted octanol–water partition coefficient (Wildman–Crippen LogP) is 6.69. The molecule has 3 aromatic carbocycles. The highest BCUT2D eigenvalue weighted by Gasteiger charge is 2.30. The summed E-state index contributed by atoms with van der Waals surface area (Å²) in [4.78, 5) is 21.7. The molecular weight excluding hydrogens is 525 g/mol. The zero-order chi connectivity index (χ0) is 25.3. The number of alkyl halides is 3. The highest BCUT2D eigenvalue weighted by atomic mass is 79.9. The van der Waals surface area contributed by atoms with Crippen LogP contribution in [0.5, 0.6) is 5.75 Å². The number of hydrogen-bond acceptors (Lipinski definition) is 5. The number of benzene rings is 3. The van der Waals surface area contributed by atoms with Gasteiger partial charge in [-0.3, -0.25) is 4.79 Å². The number of aryl methyl sites for hydroxylation is 1. The van der Waals surface area contributed by atoms with E-state index in [4.69, 9.17) is 4.74 Å². The quantitative estimate of drug-likeness (QED) is 0.292. The molecule has 6 nitrogen and oxygen atoms in total. The standard InChI is InChI=1S/C25H20BrF3N4O2/c1-13-7-8-14(23(34)32-17-6-4-5-16(11-17)25(27,28)29)9-18(13)19-10-15-12-31-24(30-2)33-21(15)20(26)22(19)35-3/h4-12H,1-3H3,(H,32,34)(H,30,31,33). The number of anilines is 2. The molecule has 10 heteroatoms. The molecule has 0 atom stereocenters. The molecule has 180 valence electrons. The number of amides is 1. The monoisotopic (exact) mass is 544 g/mol. The maximum atomic E-state index is 13.0. The summed E-state index contributed by atoms with van der Waals surface area (Å²) in [7, 11) is 3.26. The molecule has 1 amide bonds. The number of rotatable bonds is 5. The maximum Gasteiger partial charge on any atom is 0.416 e. The number of methoxy groups -OCH3 is 1. The van der Waals surface area contributed by atoms with E-state index in [2.05, 4.69) is 36.5 Å². The normalized spacial score (nSPS) is 11.4. The third kappa shape index (κ3) is 4.93. The van der Waals surface area contributed by atoms with E-state index in [-0.39, 0.29) is 11.3 Å². The van der Waals surface area contributed by atoms with E-state index in [9.17, 15) is 18.0 Å². The molecular formula is C25H20BrF3N4O2. The van der Waals surface area contributed by atoms with Gasteiger partial charge < -0.3 is 15.4 Å². The zero-order valence-corrected chi connectivity index (χ0v) is 20.5. The summed E-state index contributed by atoms with van der Waals surface area (Å²) >= 11 is 3.58. The van der Waals surface area contributed by atoms with E-state index in [1.54, 1.807) is 31.4 Å². The molecule has 0 spiro atoms. The number of carbonyl (C=O) groups is 1. The predicted molar refractivity (Wildman–Crippen MR) is 133 cm³/mol. The Morgan fingerprint density at radius 3 is 2.54 bits per heavy atom. The minimum Gasteiger partial charge on any atom is -0.495 e. The number of hydrogen-bond donors (Lipinski definition) is 2. The first-order chi connectivity index (χ1) is 16.6. The number of carbonyl (C=O) groups excluding carboxylic acids is 1. The maximum absolute atomic E-state index is 13.0. The van der Waals surface area contributed by atoms with Crippen molar-refractivity contribution in [2.45, 2.75) is 13.1 Å². The summed E-state index contributed by atoms with van der Waals surface area (Å²) in [6.07, 6.45) is -2.82. The van der Waals surface area contributed by atoms with Crippen molar-refractivity contribution in [3.8, 4) is 16.9 Å². The highest BCUT2D eigenvalue weighted by Crippen LogP contribution is 2.42. The lowest BCUT2D eigenvalue weighted by Crippen LogP contribution is -2.13. The molecule has 0 bridgehead atoms. The molecule has 0 aliphatic carbocycles. The van der Waals surface area contributed by atoms with Crippen LogP contribution in [0.15, 0.2) is 59.2 Å². The molecule has 4 aromatic rings. The van der Waals surface area contributed by atoms with E-state index in [0.29, 0.717) is 27.3 Å². The Labute approximate surface area is 207 Å². The topological polar surface area (TPSA) is 76.1 Å². The Hall–Kier alpha value is -3.66. The Morgan fingerprint density at radius 2 is 1.86 bits per heavy atom. The van der Waals surface area contributed by atoms with Crippen LogP contribution >= 0.6 is 15.9 Å². The van der Waals surface area contributed by atoms with Crippen molar-refractivity contribution in [2.24, 2.45) is 0 Å². The fourth-order valence-electron chi connectivity index (χ4n) is 3.67. The van der Waals surface area contributed by atoms with Crippen LogP contribution in [0, 0.1) is 6.92 Å². The summed E-state index contributed by atoms with van der Waals surface area (Å²) in [5, 5.41) is 6.20. The second-order valence-corrected chi connectivity index (χ2v) is 8.51. The van der Waals surface area contributed by atoms with Gasteiger partial charge in [0.05, 0.1) is 22.7 Å². The number of halogens is 4. The molecule has 4 rings (SSSR count). The number of ether oxygens (including phenoxy) is 1. The van der Waals surface area contributed by atoms with E-state index in [1.807, 2.05) is 13.0 Å². The second kappa shape index (κ2) is 9.53. The molecule has 2 N–H and O–H groups in total. The number of fused-ring (bicyclic) bond motifs is 1. The smallest absolute Gasteiger partial charge is 0.416 e. The molecule has 0 unspecified atom stereocenters. The van der Waals surface area contributed by atoms with E-state index < -0.39 is 17.6 Å². The highest BCUT2D eigenvalue weighted by molar-refractivity contribution is 9.10. The van der Waals surface area contributed by atoms with Crippen LogP contribution in [0.1, 0.15) is 21.5 Å².